The van der Waals surface area contributed by atoms with Crippen LogP contribution in [0, 0.1) is 5.82 Å². The molecule has 0 saturated carbocycles. The predicted molar refractivity (Wildman–Crippen MR) is 70.8 cm³/mol. The maximum absolute atomic E-state index is 13.3. The van der Waals surface area contributed by atoms with E-state index in [1.807, 2.05) is 4.90 Å². The summed E-state index contributed by atoms with van der Waals surface area (Å²) >= 11 is 6.14. The molecule has 1 aromatic carbocycles. The maximum Gasteiger partial charge on any atom is 0.151 e. The van der Waals surface area contributed by atoms with Crippen molar-refractivity contribution in [1.82, 2.24) is 4.98 Å². The van der Waals surface area contributed by atoms with E-state index < -0.39 is 0 Å². The molecule has 0 amide bonds. The quantitative estimate of drug-likeness (QED) is 0.859. The fourth-order valence-corrected chi connectivity index (χ4v) is 2.49. The molecule has 1 aliphatic rings. The molecule has 1 aromatic heterocycles. The second-order valence-electron chi connectivity index (χ2n) is 4.25. The molecule has 3 rings (SSSR count). The number of benzene rings is 1. The van der Waals surface area contributed by atoms with Crippen LogP contribution in [0.2, 0.25) is 5.02 Å². The van der Waals surface area contributed by atoms with Gasteiger partial charge in [0.1, 0.15) is 5.82 Å². The lowest BCUT2D eigenvalue weighted by Gasteiger charge is -2.19. The van der Waals surface area contributed by atoms with Gasteiger partial charge in [-0.2, -0.15) is 0 Å². The molecule has 0 atom stereocenters. The maximum atomic E-state index is 13.3. The van der Waals surface area contributed by atoms with Gasteiger partial charge in [0.2, 0.25) is 0 Å². The van der Waals surface area contributed by atoms with Gasteiger partial charge in [-0.3, -0.25) is 0 Å². The zero-order valence-electron chi connectivity index (χ0n) is 9.53. The Morgan fingerprint density at radius 1 is 1.33 bits per heavy atom. The van der Waals surface area contributed by atoms with E-state index in [1.165, 1.54) is 12.1 Å². The third-order valence-corrected chi connectivity index (χ3v) is 3.32. The largest absolute Gasteiger partial charge is 0.397 e. The van der Waals surface area contributed by atoms with Crippen molar-refractivity contribution in [2.45, 2.75) is 6.42 Å². The number of hydrogen-bond donors (Lipinski definition) is 1. The molecule has 2 heterocycles. The molecule has 3 nitrogen and oxygen atoms in total. The van der Waals surface area contributed by atoms with Crippen molar-refractivity contribution in [1.29, 1.82) is 0 Å². The van der Waals surface area contributed by atoms with Crippen molar-refractivity contribution in [3.63, 3.8) is 0 Å². The Labute approximate surface area is 109 Å². The molecule has 2 aromatic rings. The van der Waals surface area contributed by atoms with E-state index in [-0.39, 0.29) is 5.82 Å². The average molecular weight is 264 g/mol. The zero-order chi connectivity index (χ0) is 12.7. The first-order valence-electron chi connectivity index (χ1n) is 5.62. The van der Waals surface area contributed by atoms with Gasteiger partial charge in [0, 0.05) is 12.2 Å². The van der Waals surface area contributed by atoms with Gasteiger partial charge in [0.15, 0.2) is 5.82 Å². The molecular weight excluding hydrogens is 253 g/mol. The number of nitrogens with two attached hydrogens (primary N) is 1. The van der Waals surface area contributed by atoms with Crippen molar-refractivity contribution in [3.8, 4) is 0 Å². The third kappa shape index (κ3) is 1.78. The SMILES string of the molecule is Nc1cnc(N2CCc3ccc(F)cc32)c(Cl)c1. The molecule has 92 valence electrons. The average Bonchev–Trinajstić information content (AvgIpc) is 2.72. The molecule has 0 radical (unpaired) electrons. The fourth-order valence-electron chi connectivity index (χ4n) is 2.22. The Hall–Kier alpha value is -1.81. The summed E-state index contributed by atoms with van der Waals surface area (Å²) < 4.78 is 13.3. The van der Waals surface area contributed by atoms with E-state index in [2.05, 4.69) is 4.98 Å². The second-order valence-corrected chi connectivity index (χ2v) is 4.66. The molecule has 0 aliphatic carbocycles. The van der Waals surface area contributed by atoms with Crippen LogP contribution in [0.25, 0.3) is 0 Å². The number of nitrogen functional groups attached to an aromatic ring is 1. The fraction of sp³-hybridized carbons (Fsp3) is 0.154. The van der Waals surface area contributed by atoms with Crippen molar-refractivity contribution < 1.29 is 4.39 Å². The Balaban J connectivity index is 2.08. The molecule has 1 aliphatic heterocycles. The van der Waals surface area contributed by atoms with Crippen molar-refractivity contribution in [3.05, 3.63) is 46.9 Å². The first-order valence-corrected chi connectivity index (χ1v) is 6.00. The van der Waals surface area contributed by atoms with Crippen LogP contribution in [-0.2, 0) is 6.42 Å². The summed E-state index contributed by atoms with van der Waals surface area (Å²) in [6, 6.07) is 6.44. The lowest BCUT2D eigenvalue weighted by molar-refractivity contribution is 0.628. The van der Waals surface area contributed by atoms with E-state index in [9.17, 15) is 4.39 Å². The highest BCUT2D eigenvalue weighted by atomic mass is 35.5. The van der Waals surface area contributed by atoms with Gasteiger partial charge in [-0.05, 0) is 30.2 Å². The molecule has 2 N–H and O–H groups in total. The lowest BCUT2D eigenvalue weighted by atomic mass is 10.2. The van der Waals surface area contributed by atoms with E-state index in [0.29, 0.717) is 16.5 Å². The highest BCUT2D eigenvalue weighted by molar-refractivity contribution is 6.33. The topological polar surface area (TPSA) is 42.1 Å². The minimum absolute atomic E-state index is 0.257. The van der Waals surface area contributed by atoms with E-state index in [0.717, 1.165) is 24.2 Å². The van der Waals surface area contributed by atoms with Gasteiger partial charge < -0.3 is 10.6 Å². The summed E-state index contributed by atoms with van der Waals surface area (Å²) in [5.74, 6) is 0.363. The van der Waals surface area contributed by atoms with Gasteiger partial charge in [-0.25, -0.2) is 9.37 Å². The second kappa shape index (κ2) is 4.14. The molecule has 0 fully saturated rings. The monoisotopic (exact) mass is 263 g/mol. The first-order chi connectivity index (χ1) is 8.65. The molecule has 0 bridgehead atoms. The highest BCUT2D eigenvalue weighted by Gasteiger charge is 2.23. The molecule has 5 heteroatoms. The summed E-state index contributed by atoms with van der Waals surface area (Å²) in [7, 11) is 0. The molecule has 0 unspecified atom stereocenters. The van der Waals surface area contributed by atoms with Gasteiger partial charge in [0.25, 0.3) is 0 Å². The lowest BCUT2D eigenvalue weighted by Crippen LogP contribution is -2.15. The van der Waals surface area contributed by atoms with Crippen LogP contribution < -0.4 is 10.6 Å². The van der Waals surface area contributed by atoms with Crippen LogP contribution >= 0.6 is 11.6 Å². The number of halogens is 2. The minimum atomic E-state index is -0.257. The zero-order valence-corrected chi connectivity index (χ0v) is 10.3. The van der Waals surface area contributed by atoms with E-state index in [4.69, 9.17) is 17.3 Å². The summed E-state index contributed by atoms with van der Waals surface area (Å²) in [5, 5.41) is 0.479. The van der Waals surface area contributed by atoms with Crippen molar-refractivity contribution in [2.75, 3.05) is 17.2 Å². The molecule has 0 spiro atoms. The van der Waals surface area contributed by atoms with Gasteiger partial charge in [-0.1, -0.05) is 17.7 Å². The molecule has 0 saturated heterocycles. The van der Waals surface area contributed by atoms with Crippen LogP contribution in [0.1, 0.15) is 5.56 Å². The Kier molecular flexibility index (Phi) is 2.59. The molecule has 18 heavy (non-hydrogen) atoms. The van der Waals surface area contributed by atoms with E-state index in [1.54, 1.807) is 18.3 Å². The standard InChI is InChI=1S/C13H11ClFN3/c14-11-6-10(16)7-17-13(11)18-4-3-8-1-2-9(15)5-12(8)18/h1-2,5-7H,3-4,16H2. The van der Waals surface area contributed by atoms with Gasteiger partial charge in [0.05, 0.1) is 16.9 Å². The number of pyridine rings is 1. The third-order valence-electron chi connectivity index (χ3n) is 3.04. The number of hydrogen-bond acceptors (Lipinski definition) is 3. The number of anilines is 3. The Morgan fingerprint density at radius 3 is 2.94 bits per heavy atom. The smallest absolute Gasteiger partial charge is 0.151 e. The molecular formula is C13H11ClFN3. The first kappa shape index (κ1) is 11.3. The van der Waals surface area contributed by atoms with Crippen LogP contribution in [-0.4, -0.2) is 11.5 Å². The van der Waals surface area contributed by atoms with Crippen LogP contribution in [0.5, 0.6) is 0 Å². The predicted octanol–water partition coefficient (Wildman–Crippen LogP) is 3.15. The summed E-state index contributed by atoms with van der Waals surface area (Å²) in [6.07, 6.45) is 2.41. The van der Waals surface area contributed by atoms with Crippen molar-refractivity contribution >= 4 is 28.8 Å². The van der Waals surface area contributed by atoms with E-state index >= 15 is 0 Å². The number of aromatic nitrogens is 1. The van der Waals surface area contributed by atoms with Gasteiger partial charge >= 0.3 is 0 Å². The number of rotatable bonds is 1. The minimum Gasteiger partial charge on any atom is -0.397 e. The Morgan fingerprint density at radius 2 is 2.17 bits per heavy atom. The van der Waals surface area contributed by atoms with Gasteiger partial charge in [-0.15, -0.1) is 0 Å². The summed E-state index contributed by atoms with van der Waals surface area (Å²) in [6.45, 7) is 0.745. The summed E-state index contributed by atoms with van der Waals surface area (Å²) in [4.78, 5) is 6.15. The van der Waals surface area contributed by atoms with Crippen molar-refractivity contribution in [2.24, 2.45) is 0 Å². The normalized spacial score (nSPS) is 13.8. The summed E-state index contributed by atoms with van der Waals surface area (Å²) in [5.41, 5.74) is 8.07. The highest BCUT2D eigenvalue weighted by Crippen LogP contribution is 2.37. The number of nitrogens with zero attached hydrogens (tertiary/aromatic N) is 2. The Bertz CT molecular complexity index is 615. The van der Waals surface area contributed by atoms with Crippen LogP contribution in [0.4, 0.5) is 21.6 Å². The number of fused-ring (bicyclic) bond motifs is 1. The van der Waals surface area contributed by atoms with Crippen LogP contribution in [0.15, 0.2) is 30.5 Å². The van der Waals surface area contributed by atoms with Crippen LogP contribution in [0.3, 0.4) is 0 Å².